The third-order valence-electron chi connectivity index (χ3n) is 3.14. The maximum Gasteiger partial charge on any atom is 0.173 e. The zero-order valence-corrected chi connectivity index (χ0v) is 9.76. The van der Waals surface area contributed by atoms with Gasteiger partial charge in [0, 0.05) is 0 Å². The summed E-state index contributed by atoms with van der Waals surface area (Å²) in [5.74, 6) is 0. The first-order valence-corrected chi connectivity index (χ1v) is 5.36. The molecule has 1 heterocycles. The average molecular weight is 246 g/mol. The maximum absolute atomic E-state index is 9.87. The predicted molar refractivity (Wildman–Crippen MR) is 56.6 cm³/mol. The summed E-state index contributed by atoms with van der Waals surface area (Å²) in [7, 11) is 1.54. The quantitative estimate of drug-likeness (QED) is 0.439. The van der Waals surface area contributed by atoms with E-state index < -0.39 is 43.3 Å². The molecule has 1 rings (SSSR count). The second-order valence-corrected chi connectivity index (χ2v) is 4.19. The van der Waals surface area contributed by atoms with Gasteiger partial charge in [-0.2, -0.15) is 5.26 Å². The van der Waals surface area contributed by atoms with Crippen molar-refractivity contribution in [2.75, 3.05) is 13.7 Å². The first kappa shape index (κ1) is 14.3. The van der Waals surface area contributed by atoms with Crippen molar-refractivity contribution in [2.45, 2.75) is 43.6 Å². The molecule has 1 unspecified atom stereocenters. The summed E-state index contributed by atoms with van der Waals surface area (Å²) < 4.78 is 4.99. The molecule has 6 atom stereocenters. The molecule has 0 spiro atoms. The SMILES string of the molecule is CC(C#N)N(C)[C@@H]1[C@@H](O)[C@H](O)[C@@H](CO)O[C@H]1O. The van der Waals surface area contributed by atoms with E-state index in [0.717, 1.165) is 0 Å². The van der Waals surface area contributed by atoms with Gasteiger partial charge in [-0.3, -0.25) is 4.90 Å². The predicted octanol–water partition coefficient (Wildman–Crippen LogP) is -2.37. The summed E-state index contributed by atoms with van der Waals surface area (Å²) in [6.07, 6.45) is -4.99. The van der Waals surface area contributed by atoms with Crippen LogP contribution in [-0.4, -0.2) is 75.7 Å². The Bertz CT molecular complexity index is 295. The minimum atomic E-state index is -1.37. The van der Waals surface area contributed by atoms with E-state index in [1.165, 1.54) is 4.90 Å². The van der Waals surface area contributed by atoms with Gasteiger partial charge >= 0.3 is 0 Å². The summed E-state index contributed by atoms with van der Waals surface area (Å²) in [5, 5.41) is 46.9. The highest BCUT2D eigenvalue weighted by Crippen LogP contribution is 2.24. The number of aliphatic hydroxyl groups is 4. The molecule has 0 aromatic carbocycles. The molecule has 1 saturated heterocycles. The highest BCUT2D eigenvalue weighted by atomic mass is 16.6. The molecule has 0 amide bonds. The highest BCUT2D eigenvalue weighted by molar-refractivity contribution is 4.98. The van der Waals surface area contributed by atoms with Gasteiger partial charge in [-0.05, 0) is 14.0 Å². The first-order chi connectivity index (χ1) is 7.93. The Kier molecular flexibility index (Phi) is 4.82. The second-order valence-electron chi connectivity index (χ2n) is 4.19. The van der Waals surface area contributed by atoms with E-state index in [1.807, 2.05) is 6.07 Å². The van der Waals surface area contributed by atoms with Gasteiger partial charge in [-0.15, -0.1) is 0 Å². The van der Waals surface area contributed by atoms with E-state index in [0.29, 0.717) is 0 Å². The van der Waals surface area contributed by atoms with E-state index >= 15 is 0 Å². The summed E-state index contributed by atoms with van der Waals surface area (Å²) in [5.41, 5.74) is 0. The maximum atomic E-state index is 9.87. The molecule has 4 N–H and O–H groups in total. The molecule has 7 heteroatoms. The molecule has 7 nitrogen and oxygen atoms in total. The zero-order valence-electron chi connectivity index (χ0n) is 9.76. The van der Waals surface area contributed by atoms with Crippen LogP contribution < -0.4 is 0 Å². The molecular weight excluding hydrogens is 228 g/mol. The van der Waals surface area contributed by atoms with Crippen LogP contribution in [0.4, 0.5) is 0 Å². The highest BCUT2D eigenvalue weighted by Gasteiger charge is 2.46. The van der Waals surface area contributed by atoms with Gasteiger partial charge in [0.15, 0.2) is 6.29 Å². The molecule has 1 aliphatic rings. The Hall–Kier alpha value is -0.750. The van der Waals surface area contributed by atoms with E-state index in [4.69, 9.17) is 15.1 Å². The van der Waals surface area contributed by atoms with Crippen molar-refractivity contribution in [2.24, 2.45) is 0 Å². The Morgan fingerprint density at radius 2 is 1.94 bits per heavy atom. The number of rotatable bonds is 3. The summed E-state index contributed by atoms with van der Waals surface area (Å²) >= 11 is 0. The summed E-state index contributed by atoms with van der Waals surface area (Å²) in [6.45, 7) is 1.10. The number of nitrogens with zero attached hydrogens (tertiary/aromatic N) is 2. The standard InChI is InChI=1S/C10H18N2O5/c1-5(3-11)12(2)7-9(15)8(14)6(4-13)17-10(7)16/h5-10,13-16H,4H2,1-2H3/t5?,6-,7-,8-,9-,10-/m1/s1. The molecule has 98 valence electrons. The van der Waals surface area contributed by atoms with Crippen LogP contribution >= 0.6 is 0 Å². The van der Waals surface area contributed by atoms with Crippen molar-refractivity contribution in [1.29, 1.82) is 5.26 Å². The molecule has 0 aromatic heterocycles. The largest absolute Gasteiger partial charge is 0.394 e. The van der Waals surface area contributed by atoms with Crippen LogP contribution in [0.25, 0.3) is 0 Å². The van der Waals surface area contributed by atoms with Gasteiger partial charge in [0.2, 0.25) is 0 Å². The van der Waals surface area contributed by atoms with Crippen LogP contribution in [0.3, 0.4) is 0 Å². The lowest BCUT2D eigenvalue weighted by atomic mass is 9.95. The Labute approximate surface area is 99.5 Å². The van der Waals surface area contributed by atoms with Crippen molar-refractivity contribution in [1.82, 2.24) is 4.90 Å². The molecule has 0 aromatic rings. The molecule has 1 fully saturated rings. The van der Waals surface area contributed by atoms with E-state index in [-0.39, 0.29) is 0 Å². The van der Waals surface area contributed by atoms with Crippen LogP contribution in [0.1, 0.15) is 6.92 Å². The Balaban J connectivity index is 2.83. The number of aliphatic hydroxyl groups excluding tert-OH is 4. The van der Waals surface area contributed by atoms with E-state index in [9.17, 15) is 15.3 Å². The third kappa shape index (κ3) is 2.74. The van der Waals surface area contributed by atoms with Crippen molar-refractivity contribution in [3.05, 3.63) is 0 Å². The molecule has 0 aliphatic carbocycles. The van der Waals surface area contributed by atoms with E-state index in [1.54, 1.807) is 14.0 Å². The monoisotopic (exact) mass is 246 g/mol. The minimum Gasteiger partial charge on any atom is -0.394 e. The van der Waals surface area contributed by atoms with Crippen LogP contribution in [0, 0.1) is 11.3 Å². The van der Waals surface area contributed by atoms with E-state index in [2.05, 4.69) is 0 Å². The Morgan fingerprint density at radius 1 is 1.35 bits per heavy atom. The lowest BCUT2D eigenvalue weighted by molar-refractivity contribution is -0.271. The number of nitriles is 1. The van der Waals surface area contributed by atoms with Gasteiger partial charge in [0.1, 0.15) is 18.3 Å². The van der Waals surface area contributed by atoms with Crippen LogP contribution in [0.15, 0.2) is 0 Å². The van der Waals surface area contributed by atoms with Gasteiger partial charge < -0.3 is 25.2 Å². The second kappa shape index (κ2) is 5.73. The third-order valence-corrected chi connectivity index (χ3v) is 3.14. The number of ether oxygens (including phenoxy) is 1. The lowest BCUT2D eigenvalue weighted by Crippen LogP contribution is -2.64. The average Bonchev–Trinajstić information content (AvgIpc) is 2.32. The summed E-state index contributed by atoms with van der Waals surface area (Å²) in [4.78, 5) is 1.42. The van der Waals surface area contributed by atoms with Crippen molar-refractivity contribution < 1.29 is 25.2 Å². The summed E-state index contributed by atoms with van der Waals surface area (Å²) in [6, 6.07) is 0.496. The molecule has 17 heavy (non-hydrogen) atoms. The Morgan fingerprint density at radius 3 is 2.41 bits per heavy atom. The normalized spacial score (nSPS) is 40.0. The molecule has 1 aliphatic heterocycles. The fourth-order valence-electron chi connectivity index (χ4n) is 1.87. The molecule has 0 radical (unpaired) electrons. The van der Waals surface area contributed by atoms with Crippen molar-refractivity contribution >= 4 is 0 Å². The van der Waals surface area contributed by atoms with Gasteiger partial charge in [-0.1, -0.05) is 0 Å². The minimum absolute atomic E-state index is 0.500. The topological polar surface area (TPSA) is 117 Å². The van der Waals surface area contributed by atoms with Crippen LogP contribution in [0.2, 0.25) is 0 Å². The molecule has 0 saturated carbocycles. The van der Waals surface area contributed by atoms with Crippen molar-refractivity contribution in [3.63, 3.8) is 0 Å². The fourth-order valence-corrected chi connectivity index (χ4v) is 1.87. The molecular formula is C10H18N2O5. The lowest BCUT2D eigenvalue weighted by Gasteiger charge is -2.44. The van der Waals surface area contributed by atoms with Crippen LogP contribution in [-0.2, 0) is 4.74 Å². The fraction of sp³-hybridized carbons (Fsp3) is 0.900. The number of hydrogen-bond donors (Lipinski definition) is 4. The van der Waals surface area contributed by atoms with Gasteiger partial charge in [0.05, 0.1) is 24.8 Å². The zero-order chi connectivity index (χ0) is 13.2. The van der Waals surface area contributed by atoms with Gasteiger partial charge in [0.25, 0.3) is 0 Å². The number of hydrogen-bond acceptors (Lipinski definition) is 7. The van der Waals surface area contributed by atoms with Crippen LogP contribution in [0.5, 0.6) is 0 Å². The van der Waals surface area contributed by atoms with Crippen molar-refractivity contribution in [3.8, 4) is 6.07 Å². The van der Waals surface area contributed by atoms with Gasteiger partial charge in [-0.25, -0.2) is 0 Å². The smallest absolute Gasteiger partial charge is 0.173 e. The first-order valence-electron chi connectivity index (χ1n) is 5.36. The number of likely N-dealkylation sites (N-methyl/N-ethyl adjacent to an activating group) is 1. The molecule has 0 bridgehead atoms.